The van der Waals surface area contributed by atoms with Gasteiger partial charge in [-0.3, -0.25) is 4.79 Å². The highest BCUT2D eigenvalue weighted by Gasteiger charge is 2.19. The van der Waals surface area contributed by atoms with Crippen LogP contribution in [0.5, 0.6) is 0 Å². The first kappa shape index (κ1) is 13.0. The first-order chi connectivity index (χ1) is 8.04. The van der Waals surface area contributed by atoms with E-state index in [2.05, 4.69) is 10.1 Å². The lowest BCUT2D eigenvalue weighted by Crippen LogP contribution is -2.34. The van der Waals surface area contributed by atoms with Crippen LogP contribution in [-0.2, 0) is 9.53 Å². The van der Waals surface area contributed by atoms with Crippen molar-refractivity contribution < 1.29 is 14.3 Å². The molecule has 0 saturated carbocycles. The van der Waals surface area contributed by atoms with Crippen LogP contribution in [0.1, 0.15) is 23.6 Å². The molecule has 1 unspecified atom stereocenters. The Bertz CT molecular complexity index is 418. The van der Waals surface area contributed by atoms with Crippen molar-refractivity contribution in [3.05, 3.63) is 35.4 Å². The maximum Gasteiger partial charge on any atom is 0.312 e. The summed E-state index contributed by atoms with van der Waals surface area (Å²) in [6.45, 7) is 1.91. The van der Waals surface area contributed by atoms with Gasteiger partial charge in [0.1, 0.15) is 0 Å². The number of hydrogen-bond acceptors (Lipinski definition) is 3. The zero-order chi connectivity index (χ0) is 12.8. The van der Waals surface area contributed by atoms with Gasteiger partial charge in [-0.1, -0.05) is 24.3 Å². The van der Waals surface area contributed by atoms with E-state index in [9.17, 15) is 9.59 Å². The molecule has 3 N–H and O–H groups in total. The minimum Gasteiger partial charge on any atom is -0.469 e. The van der Waals surface area contributed by atoms with Gasteiger partial charge in [-0.05, 0) is 18.1 Å². The molecule has 1 aromatic carbocycles. The number of primary amides is 1. The molecule has 0 bridgehead atoms. The largest absolute Gasteiger partial charge is 0.469 e. The van der Waals surface area contributed by atoms with E-state index in [1.54, 1.807) is 0 Å². The second-order valence-corrected chi connectivity index (χ2v) is 3.70. The Morgan fingerprint density at radius 1 is 1.41 bits per heavy atom. The Balaban J connectivity index is 2.93. The van der Waals surface area contributed by atoms with Crippen molar-refractivity contribution in [1.82, 2.24) is 5.32 Å². The van der Waals surface area contributed by atoms with E-state index < -0.39 is 18.0 Å². The molecule has 5 heteroatoms. The predicted molar refractivity (Wildman–Crippen MR) is 63.3 cm³/mol. The highest BCUT2D eigenvalue weighted by molar-refractivity contribution is 5.75. The summed E-state index contributed by atoms with van der Waals surface area (Å²) in [5.41, 5.74) is 6.94. The van der Waals surface area contributed by atoms with Crippen molar-refractivity contribution in [3.63, 3.8) is 0 Å². The lowest BCUT2D eigenvalue weighted by atomic mass is 9.99. The normalized spacial score (nSPS) is 11.6. The summed E-state index contributed by atoms with van der Waals surface area (Å²) in [6, 6.07) is 6.36. The number of nitrogens with one attached hydrogen (secondary N) is 1. The van der Waals surface area contributed by atoms with E-state index in [1.165, 1.54) is 7.11 Å². The molecular weight excluding hydrogens is 220 g/mol. The van der Waals surface area contributed by atoms with Gasteiger partial charge in [0.15, 0.2) is 0 Å². The van der Waals surface area contributed by atoms with Gasteiger partial charge in [-0.25, -0.2) is 4.79 Å². The van der Waals surface area contributed by atoms with E-state index >= 15 is 0 Å². The molecule has 92 valence electrons. The number of nitrogens with two attached hydrogens (primary N) is 1. The fourth-order valence-electron chi connectivity index (χ4n) is 1.64. The zero-order valence-corrected chi connectivity index (χ0v) is 9.90. The van der Waals surface area contributed by atoms with Crippen LogP contribution in [0.4, 0.5) is 4.79 Å². The third-order valence-electron chi connectivity index (χ3n) is 2.48. The van der Waals surface area contributed by atoms with Gasteiger partial charge in [-0.15, -0.1) is 0 Å². The van der Waals surface area contributed by atoms with Crippen LogP contribution in [0, 0.1) is 6.92 Å². The minimum absolute atomic E-state index is 0.0598. The molecule has 0 aliphatic heterocycles. The third-order valence-corrected chi connectivity index (χ3v) is 2.48. The number of esters is 1. The van der Waals surface area contributed by atoms with Crippen LogP contribution in [-0.4, -0.2) is 19.1 Å². The second kappa shape index (κ2) is 5.89. The molecule has 0 saturated heterocycles. The summed E-state index contributed by atoms with van der Waals surface area (Å²) in [6.07, 6.45) is 0.0598. The summed E-state index contributed by atoms with van der Waals surface area (Å²) in [4.78, 5) is 22.2. The lowest BCUT2D eigenvalue weighted by molar-refractivity contribution is -0.141. The number of hydrogen-bond donors (Lipinski definition) is 2. The van der Waals surface area contributed by atoms with Crippen molar-refractivity contribution in [2.75, 3.05) is 7.11 Å². The van der Waals surface area contributed by atoms with Gasteiger partial charge in [0.2, 0.25) is 0 Å². The summed E-state index contributed by atoms with van der Waals surface area (Å²) in [5.74, 6) is -0.396. The van der Waals surface area contributed by atoms with Crippen LogP contribution in [0.3, 0.4) is 0 Å². The molecule has 0 spiro atoms. The fourth-order valence-corrected chi connectivity index (χ4v) is 1.64. The minimum atomic E-state index is -0.665. The monoisotopic (exact) mass is 236 g/mol. The number of amides is 2. The van der Waals surface area contributed by atoms with Crippen LogP contribution < -0.4 is 11.1 Å². The van der Waals surface area contributed by atoms with Crippen molar-refractivity contribution in [2.24, 2.45) is 5.73 Å². The van der Waals surface area contributed by atoms with Gasteiger partial charge in [-0.2, -0.15) is 0 Å². The van der Waals surface area contributed by atoms with Crippen LogP contribution in [0.2, 0.25) is 0 Å². The molecule has 0 radical (unpaired) electrons. The van der Waals surface area contributed by atoms with Gasteiger partial charge in [0.25, 0.3) is 0 Å². The molecular formula is C12H16N2O3. The molecule has 0 aliphatic carbocycles. The molecule has 2 amide bonds. The molecule has 1 atom stereocenters. The third kappa shape index (κ3) is 3.79. The molecule has 1 rings (SSSR count). The smallest absolute Gasteiger partial charge is 0.312 e. The Labute approximate surface area is 99.9 Å². The van der Waals surface area contributed by atoms with Crippen molar-refractivity contribution in [1.29, 1.82) is 0 Å². The Kier molecular flexibility index (Phi) is 4.51. The highest BCUT2D eigenvalue weighted by atomic mass is 16.5. The van der Waals surface area contributed by atoms with Crippen LogP contribution >= 0.6 is 0 Å². The number of carbonyl (C=O) groups is 2. The van der Waals surface area contributed by atoms with E-state index in [0.717, 1.165) is 11.1 Å². The van der Waals surface area contributed by atoms with E-state index in [-0.39, 0.29) is 6.42 Å². The van der Waals surface area contributed by atoms with Gasteiger partial charge >= 0.3 is 12.0 Å². The molecule has 0 heterocycles. The van der Waals surface area contributed by atoms with E-state index in [4.69, 9.17) is 5.73 Å². The Morgan fingerprint density at radius 3 is 2.59 bits per heavy atom. The number of rotatable bonds is 4. The molecule has 17 heavy (non-hydrogen) atoms. The van der Waals surface area contributed by atoms with E-state index in [0.29, 0.717) is 0 Å². The number of carbonyl (C=O) groups excluding carboxylic acids is 2. The second-order valence-electron chi connectivity index (χ2n) is 3.70. The first-order valence-corrected chi connectivity index (χ1v) is 5.23. The van der Waals surface area contributed by atoms with E-state index in [1.807, 2.05) is 31.2 Å². The average molecular weight is 236 g/mol. The summed E-state index contributed by atoms with van der Waals surface area (Å²) in [5, 5.41) is 2.54. The standard InChI is InChI=1S/C12H16N2O3/c1-8-5-3-4-6-9(8)10(14-12(13)16)7-11(15)17-2/h3-6,10H,7H2,1-2H3,(H3,13,14,16). The summed E-state index contributed by atoms with van der Waals surface area (Å²) < 4.78 is 4.59. The molecule has 0 fully saturated rings. The number of ether oxygens (including phenoxy) is 1. The van der Waals surface area contributed by atoms with Crippen molar-refractivity contribution in [3.8, 4) is 0 Å². The first-order valence-electron chi connectivity index (χ1n) is 5.23. The van der Waals surface area contributed by atoms with Crippen molar-refractivity contribution >= 4 is 12.0 Å². The molecule has 1 aromatic rings. The Hall–Kier alpha value is -2.04. The lowest BCUT2D eigenvalue weighted by Gasteiger charge is -2.18. The summed E-state index contributed by atoms with van der Waals surface area (Å²) in [7, 11) is 1.31. The maximum absolute atomic E-state index is 11.3. The average Bonchev–Trinajstić information content (AvgIpc) is 2.28. The van der Waals surface area contributed by atoms with Crippen LogP contribution in [0.15, 0.2) is 24.3 Å². The number of benzene rings is 1. The molecule has 0 aliphatic rings. The zero-order valence-electron chi connectivity index (χ0n) is 9.90. The molecule has 0 aromatic heterocycles. The predicted octanol–water partition coefficient (Wildman–Crippen LogP) is 1.27. The topological polar surface area (TPSA) is 81.4 Å². The van der Waals surface area contributed by atoms with Crippen LogP contribution in [0.25, 0.3) is 0 Å². The maximum atomic E-state index is 11.3. The Morgan fingerprint density at radius 2 is 2.06 bits per heavy atom. The SMILES string of the molecule is COC(=O)CC(NC(N)=O)c1ccccc1C. The van der Waals surface area contributed by atoms with Gasteiger partial charge in [0, 0.05) is 0 Å². The number of aryl methyl sites for hydroxylation is 1. The van der Waals surface area contributed by atoms with Crippen molar-refractivity contribution in [2.45, 2.75) is 19.4 Å². The fraction of sp³-hybridized carbons (Fsp3) is 0.333. The number of methoxy groups -OCH3 is 1. The summed E-state index contributed by atoms with van der Waals surface area (Å²) >= 11 is 0. The quantitative estimate of drug-likeness (QED) is 0.772. The van der Waals surface area contributed by atoms with Gasteiger partial charge in [0.05, 0.1) is 19.6 Å². The highest BCUT2D eigenvalue weighted by Crippen LogP contribution is 2.20. The number of urea groups is 1. The van der Waals surface area contributed by atoms with Gasteiger partial charge < -0.3 is 15.8 Å². The molecule has 5 nitrogen and oxygen atoms in total.